The number of aromatic carboxylic acids is 1. The van der Waals surface area contributed by atoms with Crippen molar-refractivity contribution in [1.82, 2.24) is 0 Å². The SMILES string of the molecule is C=CC(O)(C/C=C/[C@H]1[C@H]2CC(CCCc3ccccc3C(=O)O)=C[C@H]2C[C@H]1O)CCCC. The van der Waals surface area contributed by atoms with E-state index < -0.39 is 11.6 Å². The van der Waals surface area contributed by atoms with Crippen molar-refractivity contribution < 1.29 is 20.1 Å². The molecule has 0 aromatic heterocycles. The van der Waals surface area contributed by atoms with Crippen molar-refractivity contribution in [2.75, 3.05) is 0 Å². The third-order valence-electron chi connectivity index (χ3n) is 7.31. The van der Waals surface area contributed by atoms with E-state index in [1.807, 2.05) is 18.2 Å². The van der Waals surface area contributed by atoms with Gasteiger partial charge in [0.2, 0.25) is 0 Å². The van der Waals surface area contributed by atoms with Crippen molar-refractivity contribution in [1.29, 1.82) is 0 Å². The van der Waals surface area contributed by atoms with E-state index in [2.05, 4.69) is 25.7 Å². The summed E-state index contributed by atoms with van der Waals surface area (Å²) >= 11 is 0. The summed E-state index contributed by atoms with van der Waals surface area (Å²) in [7, 11) is 0. The molecule has 1 aromatic carbocycles. The molecule has 174 valence electrons. The summed E-state index contributed by atoms with van der Waals surface area (Å²) in [6.45, 7) is 5.92. The van der Waals surface area contributed by atoms with Gasteiger partial charge in [0.05, 0.1) is 17.3 Å². The molecule has 0 spiro atoms. The van der Waals surface area contributed by atoms with Crippen molar-refractivity contribution >= 4 is 5.97 Å². The van der Waals surface area contributed by atoms with Crippen LogP contribution in [0.1, 0.15) is 74.2 Å². The molecular weight excluding hydrogens is 400 g/mol. The third kappa shape index (κ3) is 5.99. The molecule has 2 aliphatic carbocycles. The highest BCUT2D eigenvalue weighted by Crippen LogP contribution is 2.48. The summed E-state index contributed by atoms with van der Waals surface area (Å²) in [6.07, 6.45) is 15.6. The molecule has 0 aliphatic heterocycles. The molecule has 1 aromatic rings. The second-order valence-electron chi connectivity index (χ2n) is 9.60. The number of hydrogen-bond acceptors (Lipinski definition) is 3. The summed E-state index contributed by atoms with van der Waals surface area (Å²) < 4.78 is 0. The quantitative estimate of drug-likeness (QED) is 0.366. The van der Waals surface area contributed by atoms with Gasteiger partial charge in [0, 0.05) is 5.92 Å². The zero-order valence-electron chi connectivity index (χ0n) is 19.2. The third-order valence-corrected chi connectivity index (χ3v) is 7.31. The molecule has 3 rings (SSSR count). The number of carboxylic acid groups (broad SMARTS) is 1. The highest BCUT2D eigenvalue weighted by molar-refractivity contribution is 5.89. The van der Waals surface area contributed by atoms with E-state index in [0.29, 0.717) is 30.2 Å². The van der Waals surface area contributed by atoms with Crippen molar-refractivity contribution in [3.05, 3.63) is 71.8 Å². The van der Waals surface area contributed by atoms with Gasteiger partial charge in [-0.15, -0.1) is 6.58 Å². The van der Waals surface area contributed by atoms with Crippen LogP contribution in [-0.4, -0.2) is 33.0 Å². The van der Waals surface area contributed by atoms with Crippen LogP contribution in [0.3, 0.4) is 0 Å². The van der Waals surface area contributed by atoms with Gasteiger partial charge < -0.3 is 15.3 Å². The van der Waals surface area contributed by atoms with Crippen molar-refractivity contribution in [2.45, 2.75) is 76.4 Å². The lowest BCUT2D eigenvalue weighted by Gasteiger charge is -2.23. The first-order chi connectivity index (χ1) is 15.4. The van der Waals surface area contributed by atoms with Crippen LogP contribution in [0.2, 0.25) is 0 Å². The summed E-state index contributed by atoms with van der Waals surface area (Å²) in [6, 6.07) is 7.25. The highest BCUT2D eigenvalue weighted by Gasteiger charge is 2.43. The van der Waals surface area contributed by atoms with E-state index in [1.165, 1.54) is 5.57 Å². The molecule has 0 bridgehead atoms. The smallest absolute Gasteiger partial charge is 0.335 e. The Balaban J connectivity index is 1.52. The molecule has 0 saturated heterocycles. The summed E-state index contributed by atoms with van der Waals surface area (Å²) in [5.74, 6) is 0.105. The van der Waals surface area contributed by atoms with Crippen LogP contribution in [-0.2, 0) is 6.42 Å². The van der Waals surface area contributed by atoms with Gasteiger partial charge in [-0.05, 0) is 68.4 Å². The number of allylic oxidation sites excluding steroid dienone is 2. The zero-order chi connectivity index (χ0) is 23.1. The van der Waals surface area contributed by atoms with Gasteiger partial charge in [-0.3, -0.25) is 0 Å². The minimum absolute atomic E-state index is 0.127. The van der Waals surface area contributed by atoms with E-state index in [0.717, 1.165) is 50.5 Å². The van der Waals surface area contributed by atoms with Crippen LogP contribution in [0.25, 0.3) is 0 Å². The Morgan fingerprint density at radius 3 is 2.75 bits per heavy atom. The Labute approximate surface area is 192 Å². The lowest BCUT2D eigenvalue weighted by molar-refractivity contribution is 0.0695. The average Bonchev–Trinajstić information content (AvgIpc) is 3.29. The number of carboxylic acids is 1. The number of aliphatic hydroxyl groups is 2. The molecule has 3 N–H and O–H groups in total. The van der Waals surface area contributed by atoms with Crippen molar-refractivity contribution in [2.24, 2.45) is 17.8 Å². The number of carbonyl (C=O) groups is 1. The maximum atomic E-state index is 11.4. The van der Waals surface area contributed by atoms with E-state index in [1.54, 1.807) is 18.2 Å². The fourth-order valence-corrected chi connectivity index (χ4v) is 5.44. The lowest BCUT2D eigenvalue weighted by Crippen LogP contribution is -2.24. The van der Waals surface area contributed by atoms with Crippen LogP contribution < -0.4 is 0 Å². The first-order valence-electron chi connectivity index (χ1n) is 12.1. The zero-order valence-corrected chi connectivity index (χ0v) is 19.2. The Morgan fingerprint density at radius 1 is 1.25 bits per heavy atom. The van der Waals surface area contributed by atoms with Crippen LogP contribution in [0.15, 0.2) is 60.7 Å². The van der Waals surface area contributed by atoms with E-state index in [4.69, 9.17) is 0 Å². The first-order valence-corrected chi connectivity index (χ1v) is 12.1. The standard InChI is InChI=1S/C28H38O4/c1-3-5-15-28(32,4-2)16-9-14-24-25-18-20(17-22(25)19-26(24)29)10-8-12-21-11-6-7-13-23(21)27(30)31/h4,6-7,9,11,13-14,17,22,24-26,29,32H,2-3,5,8,10,12,15-16,18-19H2,1H3,(H,30,31)/b14-9+/t22-,24-,25-,26+,28?/m0/s1. The maximum Gasteiger partial charge on any atom is 0.335 e. The topological polar surface area (TPSA) is 77.8 Å². The van der Waals surface area contributed by atoms with Crippen molar-refractivity contribution in [3.8, 4) is 0 Å². The number of hydrogen-bond donors (Lipinski definition) is 3. The number of benzene rings is 1. The maximum absolute atomic E-state index is 11.4. The number of rotatable bonds is 12. The predicted molar refractivity (Wildman–Crippen MR) is 129 cm³/mol. The van der Waals surface area contributed by atoms with Crippen LogP contribution >= 0.6 is 0 Å². The summed E-state index contributed by atoms with van der Waals surface area (Å²) in [5.41, 5.74) is 1.87. The van der Waals surface area contributed by atoms with E-state index in [-0.39, 0.29) is 12.0 Å². The monoisotopic (exact) mass is 438 g/mol. The van der Waals surface area contributed by atoms with Gasteiger partial charge in [0.15, 0.2) is 0 Å². The van der Waals surface area contributed by atoms with Crippen LogP contribution in [0, 0.1) is 17.8 Å². The number of aliphatic hydroxyl groups excluding tert-OH is 1. The second kappa shape index (κ2) is 11.1. The van der Waals surface area contributed by atoms with E-state index >= 15 is 0 Å². The number of fused-ring (bicyclic) bond motifs is 1. The van der Waals surface area contributed by atoms with Gasteiger partial charge >= 0.3 is 5.97 Å². The number of aryl methyl sites for hydroxylation is 1. The Kier molecular flexibility index (Phi) is 8.50. The molecule has 0 amide bonds. The largest absolute Gasteiger partial charge is 0.478 e. The van der Waals surface area contributed by atoms with E-state index in [9.17, 15) is 20.1 Å². The normalized spacial score (nSPS) is 26.7. The van der Waals surface area contributed by atoms with Gasteiger partial charge in [0.25, 0.3) is 0 Å². The van der Waals surface area contributed by atoms with Crippen LogP contribution in [0.5, 0.6) is 0 Å². The molecule has 1 fully saturated rings. The second-order valence-corrected chi connectivity index (χ2v) is 9.60. The molecule has 4 nitrogen and oxygen atoms in total. The molecule has 2 aliphatic rings. The summed E-state index contributed by atoms with van der Waals surface area (Å²) in [4.78, 5) is 11.4. The molecule has 1 saturated carbocycles. The first kappa shape index (κ1) is 24.5. The fraction of sp³-hybridized carbons (Fsp3) is 0.536. The molecule has 32 heavy (non-hydrogen) atoms. The van der Waals surface area contributed by atoms with Gasteiger partial charge in [0.1, 0.15) is 0 Å². The molecule has 0 heterocycles. The minimum Gasteiger partial charge on any atom is -0.478 e. The molecular formula is C28H38O4. The molecule has 1 unspecified atom stereocenters. The number of unbranched alkanes of at least 4 members (excludes halogenated alkanes) is 1. The lowest BCUT2D eigenvalue weighted by atomic mass is 9.87. The van der Waals surface area contributed by atoms with Gasteiger partial charge in [-0.1, -0.05) is 67.8 Å². The predicted octanol–water partition coefficient (Wildman–Crippen LogP) is 5.70. The Bertz CT molecular complexity index is 855. The average molecular weight is 439 g/mol. The molecule has 5 atom stereocenters. The molecule has 0 radical (unpaired) electrons. The van der Waals surface area contributed by atoms with Crippen molar-refractivity contribution in [3.63, 3.8) is 0 Å². The Morgan fingerprint density at radius 2 is 2.03 bits per heavy atom. The fourth-order valence-electron chi connectivity index (χ4n) is 5.44. The van der Waals surface area contributed by atoms with Crippen LogP contribution in [0.4, 0.5) is 0 Å². The molecule has 4 heteroatoms. The van der Waals surface area contributed by atoms with Gasteiger partial charge in [-0.25, -0.2) is 4.79 Å². The summed E-state index contributed by atoms with van der Waals surface area (Å²) in [5, 5.41) is 30.6. The Hall–Kier alpha value is -2.17. The highest BCUT2D eigenvalue weighted by atomic mass is 16.4. The minimum atomic E-state index is -0.864. The van der Waals surface area contributed by atoms with Gasteiger partial charge in [-0.2, -0.15) is 0 Å².